The van der Waals surface area contributed by atoms with Crippen LogP contribution in [-0.4, -0.2) is 80.3 Å². The Kier molecular flexibility index (Phi) is 7.68. The van der Waals surface area contributed by atoms with Gasteiger partial charge in [-0.25, -0.2) is 18.9 Å². The maximum Gasteiger partial charge on any atom is 0.459 e. The molecule has 0 saturated carbocycles. The summed E-state index contributed by atoms with van der Waals surface area (Å²) in [7, 11) is -0.912. The predicted octanol–water partition coefficient (Wildman–Crippen LogP) is 1.76. The number of para-hydroxylation sites is 1. The molecule has 1 aliphatic heterocycles. The Morgan fingerprint density at radius 2 is 2.11 bits per heavy atom. The van der Waals surface area contributed by atoms with Gasteiger partial charge in [0, 0.05) is 14.1 Å². The number of terminal acetylenes is 1. The molecular formula is C23H26FN6O7P. The highest BCUT2D eigenvalue weighted by Crippen LogP contribution is 2.48. The number of aliphatic hydroxyl groups is 1. The number of hydrogen-bond acceptors (Lipinski definition) is 10. The fourth-order valence-corrected chi connectivity index (χ4v) is 5.20. The minimum absolute atomic E-state index is 0.122. The maximum atomic E-state index is 16.0. The fourth-order valence-electron chi connectivity index (χ4n) is 3.69. The number of nitrogens with zero attached hydrogens (tertiary/aromatic N) is 5. The van der Waals surface area contributed by atoms with Crippen LogP contribution in [0.25, 0.3) is 11.2 Å². The van der Waals surface area contributed by atoms with Gasteiger partial charge in [-0.2, -0.15) is 10.1 Å². The van der Waals surface area contributed by atoms with Gasteiger partial charge in [-0.15, -0.1) is 6.42 Å². The number of aromatic nitrogens is 4. The summed E-state index contributed by atoms with van der Waals surface area (Å²) < 4.78 is 47.3. The highest BCUT2D eigenvalue weighted by Gasteiger charge is 2.58. The molecule has 38 heavy (non-hydrogen) atoms. The van der Waals surface area contributed by atoms with E-state index in [-0.39, 0.29) is 11.4 Å². The average molecular weight is 548 g/mol. The number of imidazole rings is 1. The third-order valence-electron chi connectivity index (χ3n) is 5.72. The van der Waals surface area contributed by atoms with Gasteiger partial charge in [-0.05, 0) is 19.1 Å². The minimum atomic E-state index is -4.36. The molecule has 4 rings (SSSR count). The molecule has 2 aromatic heterocycles. The normalized spacial score (nSPS) is 25.4. The number of carboxylic acid groups (broad SMARTS) is 1. The van der Waals surface area contributed by atoms with Crippen molar-refractivity contribution in [2.45, 2.75) is 37.1 Å². The van der Waals surface area contributed by atoms with E-state index in [1.54, 1.807) is 37.2 Å². The molecule has 1 fully saturated rings. The van der Waals surface area contributed by atoms with Crippen LogP contribution in [0.3, 0.4) is 0 Å². The van der Waals surface area contributed by atoms with E-state index >= 15 is 4.39 Å². The number of carbonyl (C=O) groups is 1. The Labute approximate surface area is 217 Å². The topological polar surface area (TPSA) is 161 Å². The molecule has 3 N–H and O–H groups in total. The maximum absolute atomic E-state index is 16.0. The van der Waals surface area contributed by atoms with E-state index < -0.39 is 50.5 Å². The lowest BCUT2D eigenvalue weighted by Crippen LogP contribution is -2.42. The summed E-state index contributed by atoms with van der Waals surface area (Å²) in [6.45, 7) is 0.571. The first kappa shape index (κ1) is 27.4. The molecule has 15 heteroatoms. The van der Waals surface area contributed by atoms with Crippen LogP contribution in [0.2, 0.25) is 0 Å². The number of carboxylic acids is 1. The van der Waals surface area contributed by atoms with Crippen molar-refractivity contribution >= 4 is 30.8 Å². The molecule has 13 nitrogen and oxygen atoms in total. The summed E-state index contributed by atoms with van der Waals surface area (Å²) in [5.41, 5.74) is -2.22. The van der Waals surface area contributed by atoms with Crippen LogP contribution >= 0.6 is 7.75 Å². The molecule has 3 heterocycles. The summed E-state index contributed by atoms with van der Waals surface area (Å²) in [5.74, 6) is 1.08. The quantitative estimate of drug-likeness (QED) is 0.249. The summed E-state index contributed by atoms with van der Waals surface area (Å²) in [6, 6.07) is 6.56. The van der Waals surface area contributed by atoms with Crippen LogP contribution in [0.5, 0.6) is 5.75 Å². The Balaban J connectivity index is 1.60. The number of halogens is 1. The number of aliphatic carboxylic acids is 1. The van der Waals surface area contributed by atoms with E-state index in [2.05, 4.69) is 20.0 Å². The van der Waals surface area contributed by atoms with Crippen molar-refractivity contribution in [3.05, 3.63) is 42.9 Å². The first-order chi connectivity index (χ1) is 18.0. The standard InChI is InChI=1S/C23H26FN6O7P/c1-5-23(24)18(31)17(36-21(23)30-13-26-16-11-25-22(29(3)4)27-19(16)30)12-35-38(34,28-14(2)20(32)33)37-15-9-7-6-8-10-15/h1,6-11,13-14,17-18,21,31H,12H2,2-4H3,(H,28,34)(H,32,33)/t14-,17+,18+,21+,23+,38?/m0/s1. The van der Waals surface area contributed by atoms with Gasteiger partial charge in [0.05, 0.1) is 19.1 Å². The van der Waals surface area contributed by atoms with Crippen LogP contribution in [0, 0.1) is 12.3 Å². The molecule has 1 aromatic carbocycles. The molecule has 0 bridgehead atoms. The molecule has 1 unspecified atom stereocenters. The van der Waals surface area contributed by atoms with Crippen molar-refractivity contribution in [2.24, 2.45) is 0 Å². The van der Waals surface area contributed by atoms with Gasteiger partial charge < -0.3 is 24.4 Å². The Bertz CT molecular complexity index is 1400. The molecule has 0 radical (unpaired) electrons. The van der Waals surface area contributed by atoms with Crippen molar-refractivity contribution < 1.29 is 37.7 Å². The number of ether oxygens (including phenoxy) is 1. The van der Waals surface area contributed by atoms with Gasteiger partial charge >= 0.3 is 13.7 Å². The summed E-state index contributed by atoms with van der Waals surface area (Å²) in [5, 5.41) is 22.4. The summed E-state index contributed by atoms with van der Waals surface area (Å²) in [4.78, 5) is 25.7. The Hall–Kier alpha value is -3.60. The Morgan fingerprint density at radius 1 is 1.39 bits per heavy atom. The number of anilines is 1. The first-order valence-corrected chi connectivity index (χ1v) is 12.9. The molecule has 0 spiro atoms. The van der Waals surface area contributed by atoms with E-state index in [0.717, 1.165) is 0 Å². The first-order valence-electron chi connectivity index (χ1n) is 11.3. The number of aliphatic hydroxyl groups excluding tert-OH is 1. The second-order valence-electron chi connectivity index (χ2n) is 8.70. The van der Waals surface area contributed by atoms with E-state index in [1.807, 2.05) is 5.92 Å². The highest BCUT2D eigenvalue weighted by molar-refractivity contribution is 7.52. The second kappa shape index (κ2) is 10.6. The lowest BCUT2D eigenvalue weighted by molar-refractivity contribution is -0.138. The predicted molar refractivity (Wildman–Crippen MR) is 133 cm³/mol. The van der Waals surface area contributed by atoms with Crippen molar-refractivity contribution in [1.82, 2.24) is 24.6 Å². The zero-order chi connectivity index (χ0) is 27.7. The average Bonchev–Trinajstić information content (AvgIpc) is 3.41. The van der Waals surface area contributed by atoms with Gasteiger partial charge in [0.15, 0.2) is 11.9 Å². The van der Waals surface area contributed by atoms with E-state index in [0.29, 0.717) is 11.5 Å². The molecule has 0 aliphatic carbocycles. The third kappa shape index (κ3) is 5.33. The zero-order valence-electron chi connectivity index (χ0n) is 20.6. The highest BCUT2D eigenvalue weighted by atomic mass is 31.2. The monoisotopic (exact) mass is 548 g/mol. The number of hydrogen-bond donors (Lipinski definition) is 3. The number of rotatable bonds is 10. The lowest BCUT2D eigenvalue weighted by atomic mass is 9.97. The number of alkyl halides is 1. The van der Waals surface area contributed by atoms with Gasteiger partial charge in [0.25, 0.3) is 0 Å². The molecular weight excluding hydrogens is 522 g/mol. The molecule has 1 saturated heterocycles. The lowest BCUT2D eigenvalue weighted by Gasteiger charge is -2.24. The van der Waals surface area contributed by atoms with Crippen molar-refractivity contribution in [3.8, 4) is 18.1 Å². The van der Waals surface area contributed by atoms with Gasteiger partial charge in [-0.1, -0.05) is 24.1 Å². The number of fused-ring (bicyclic) bond motifs is 1. The smallest absolute Gasteiger partial charge is 0.459 e. The second-order valence-corrected chi connectivity index (χ2v) is 10.4. The van der Waals surface area contributed by atoms with Crippen molar-refractivity contribution in [3.63, 3.8) is 0 Å². The van der Waals surface area contributed by atoms with Crippen LogP contribution in [0.15, 0.2) is 42.9 Å². The van der Waals surface area contributed by atoms with E-state index in [9.17, 15) is 19.6 Å². The van der Waals surface area contributed by atoms with Crippen LogP contribution < -0.4 is 14.5 Å². The van der Waals surface area contributed by atoms with Crippen LogP contribution in [0.4, 0.5) is 10.3 Å². The molecule has 6 atom stereocenters. The summed E-state index contributed by atoms with van der Waals surface area (Å²) >= 11 is 0. The largest absolute Gasteiger partial charge is 0.480 e. The minimum Gasteiger partial charge on any atom is -0.480 e. The van der Waals surface area contributed by atoms with Gasteiger partial charge in [0.1, 0.15) is 29.5 Å². The molecule has 0 amide bonds. The Morgan fingerprint density at radius 3 is 2.74 bits per heavy atom. The van der Waals surface area contributed by atoms with E-state index in [4.69, 9.17) is 20.2 Å². The fraction of sp³-hybridized carbons (Fsp3) is 0.391. The van der Waals surface area contributed by atoms with E-state index in [1.165, 1.54) is 36.1 Å². The third-order valence-corrected chi connectivity index (χ3v) is 7.37. The van der Waals surface area contributed by atoms with Gasteiger partial charge in [0.2, 0.25) is 11.6 Å². The summed E-state index contributed by atoms with van der Waals surface area (Å²) in [6.07, 6.45) is 3.26. The number of nitrogens with one attached hydrogen (secondary N) is 1. The van der Waals surface area contributed by atoms with Crippen LogP contribution in [0.1, 0.15) is 13.2 Å². The molecule has 202 valence electrons. The molecule has 3 aromatic rings. The number of benzene rings is 1. The zero-order valence-corrected chi connectivity index (χ0v) is 21.5. The SMILES string of the molecule is C#C[C@@]1(F)[C@H](O)[C@@H](COP(=O)(N[C@@H](C)C(=O)O)Oc2ccccc2)O[C@H]1n1cnc2cnc(N(C)C)nc21. The molecule has 1 aliphatic rings. The van der Waals surface area contributed by atoms with Crippen molar-refractivity contribution in [2.75, 3.05) is 25.6 Å². The van der Waals surface area contributed by atoms with Crippen LogP contribution in [-0.2, 0) is 18.6 Å². The van der Waals surface area contributed by atoms with Gasteiger partial charge in [-0.3, -0.25) is 13.9 Å². The van der Waals surface area contributed by atoms with Crippen molar-refractivity contribution in [1.29, 1.82) is 0 Å².